The van der Waals surface area contributed by atoms with Gasteiger partial charge in [0.1, 0.15) is 11.1 Å². The van der Waals surface area contributed by atoms with Gasteiger partial charge in [-0.2, -0.15) is 8.78 Å². The maximum atomic E-state index is 13.8. The molecule has 0 atom stereocenters. The summed E-state index contributed by atoms with van der Waals surface area (Å²) >= 11 is 0. The van der Waals surface area contributed by atoms with Crippen LogP contribution < -0.4 is 4.74 Å². The fourth-order valence-electron chi connectivity index (χ4n) is 1.71. The Hall–Kier alpha value is -3.24. The molecule has 0 unspecified atom stereocenters. The first-order valence-corrected chi connectivity index (χ1v) is 6.05. The minimum atomic E-state index is -2.12. The average molecular weight is 366 g/mol. The van der Waals surface area contributed by atoms with Gasteiger partial charge in [0.25, 0.3) is 0 Å². The van der Waals surface area contributed by atoms with Crippen LogP contribution in [-0.4, -0.2) is 22.2 Å². The number of hydrogen-bond donors (Lipinski definition) is 2. The molecule has 0 aromatic heterocycles. The molecule has 0 amide bonds. The van der Waals surface area contributed by atoms with Crippen LogP contribution in [0, 0.1) is 34.9 Å². The number of benzene rings is 2. The number of carbonyl (C=O) groups excluding carboxylic acids is 1. The predicted octanol–water partition coefficient (Wildman–Crippen LogP) is 3.14. The molecule has 0 spiro atoms. The fourth-order valence-corrected chi connectivity index (χ4v) is 1.71. The monoisotopic (exact) mass is 366 g/mol. The first kappa shape index (κ1) is 18.1. The van der Waals surface area contributed by atoms with Crippen molar-refractivity contribution in [2.75, 3.05) is 0 Å². The highest BCUT2D eigenvalue weighted by Gasteiger charge is 2.29. The Morgan fingerprint density at radius 3 is 1.88 bits per heavy atom. The molecule has 0 heterocycles. The van der Waals surface area contributed by atoms with Gasteiger partial charge in [-0.25, -0.2) is 27.2 Å². The number of carbonyl (C=O) groups is 2. The summed E-state index contributed by atoms with van der Waals surface area (Å²) in [7, 11) is 0. The van der Waals surface area contributed by atoms with Gasteiger partial charge in [-0.15, -0.1) is 0 Å². The highest BCUT2D eigenvalue weighted by molar-refractivity contribution is 5.93. The van der Waals surface area contributed by atoms with E-state index < -0.39 is 69.5 Å². The van der Waals surface area contributed by atoms with Gasteiger partial charge in [0, 0.05) is 0 Å². The second-order valence-corrected chi connectivity index (χ2v) is 4.44. The Morgan fingerprint density at radius 2 is 1.32 bits per heavy atom. The average Bonchev–Trinajstić information content (AvgIpc) is 2.55. The number of rotatable bonds is 3. The van der Waals surface area contributed by atoms with Crippen LogP contribution in [0.3, 0.4) is 0 Å². The summed E-state index contributed by atoms with van der Waals surface area (Å²) in [5, 5.41) is 17.6. The van der Waals surface area contributed by atoms with Crippen molar-refractivity contribution in [2.45, 2.75) is 0 Å². The Labute approximate surface area is 133 Å². The lowest BCUT2D eigenvalue weighted by atomic mass is 10.1. The third kappa shape index (κ3) is 3.07. The largest absolute Gasteiger partial charge is 0.503 e. The van der Waals surface area contributed by atoms with Gasteiger partial charge in [-0.1, -0.05) is 0 Å². The SMILES string of the molecule is O=C(Oc1c(F)c(F)cc(C(=O)O)c1F)c1cc(F)c(F)c(O)c1F. The van der Waals surface area contributed by atoms with Crippen LogP contribution >= 0.6 is 0 Å². The van der Waals surface area contributed by atoms with E-state index in [2.05, 4.69) is 4.74 Å². The Bertz CT molecular complexity index is 912. The molecule has 2 aromatic carbocycles. The van der Waals surface area contributed by atoms with Gasteiger partial charge >= 0.3 is 11.9 Å². The van der Waals surface area contributed by atoms with Crippen LogP contribution in [0.2, 0.25) is 0 Å². The van der Waals surface area contributed by atoms with E-state index in [0.717, 1.165) is 0 Å². The molecule has 0 bridgehead atoms. The molecule has 2 rings (SSSR count). The number of aromatic carboxylic acids is 1. The Morgan fingerprint density at radius 1 is 0.800 bits per heavy atom. The zero-order valence-corrected chi connectivity index (χ0v) is 11.5. The number of esters is 1. The van der Waals surface area contributed by atoms with E-state index in [1.54, 1.807) is 0 Å². The predicted molar refractivity (Wildman–Crippen MR) is 66.2 cm³/mol. The normalized spacial score (nSPS) is 10.6. The smallest absolute Gasteiger partial charge is 0.346 e. The highest BCUT2D eigenvalue weighted by Crippen LogP contribution is 2.30. The molecule has 2 N–H and O–H groups in total. The van der Waals surface area contributed by atoms with E-state index in [-0.39, 0.29) is 12.1 Å². The van der Waals surface area contributed by atoms with Crippen LogP contribution in [0.4, 0.5) is 26.3 Å². The highest BCUT2D eigenvalue weighted by atomic mass is 19.2. The van der Waals surface area contributed by atoms with Crippen LogP contribution in [0.5, 0.6) is 11.5 Å². The van der Waals surface area contributed by atoms with Crippen molar-refractivity contribution in [1.29, 1.82) is 0 Å². The molecule has 0 saturated heterocycles. The van der Waals surface area contributed by atoms with Crippen molar-refractivity contribution in [3.05, 3.63) is 58.2 Å². The van der Waals surface area contributed by atoms with Gasteiger partial charge in [0.15, 0.2) is 29.0 Å². The minimum Gasteiger partial charge on any atom is -0.503 e. The molecular formula is C14H4F6O5. The van der Waals surface area contributed by atoms with E-state index in [9.17, 15) is 35.9 Å². The maximum Gasteiger partial charge on any atom is 0.346 e. The van der Waals surface area contributed by atoms with Gasteiger partial charge in [-0.3, -0.25) is 0 Å². The lowest BCUT2D eigenvalue weighted by molar-refractivity contribution is 0.0670. The maximum absolute atomic E-state index is 13.8. The quantitative estimate of drug-likeness (QED) is 0.377. The van der Waals surface area contributed by atoms with E-state index in [1.165, 1.54) is 0 Å². The van der Waals surface area contributed by atoms with Gasteiger partial charge in [-0.05, 0) is 12.1 Å². The molecule has 2 aromatic rings. The summed E-state index contributed by atoms with van der Waals surface area (Å²) < 4.78 is 84.3. The number of carboxylic acid groups (broad SMARTS) is 1. The summed E-state index contributed by atoms with van der Waals surface area (Å²) in [4.78, 5) is 22.4. The van der Waals surface area contributed by atoms with E-state index >= 15 is 0 Å². The number of ether oxygens (including phenoxy) is 1. The fraction of sp³-hybridized carbons (Fsp3) is 0. The summed E-state index contributed by atoms with van der Waals surface area (Å²) in [6.45, 7) is 0. The Kier molecular flexibility index (Phi) is 4.59. The van der Waals surface area contributed by atoms with Crippen LogP contribution in [0.15, 0.2) is 12.1 Å². The van der Waals surface area contributed by atoms with Crippen LogP contribution in [0.25, 0.3) is 0 Å². The third-order valence-corrected chi connectivity index (χ3v) is 2.89. The first-order valence-electron chi connectivity index (χ1n) is 6.05. The number of aromatic hydroxyl groups is 1. The van der Waals surface area contributed by atoms with Crippen LogP contribution in [-0.2, 0) is 0 Å². The topological polar surface area (TPSA) is 83.8 Å². The molecular weight excluding hydrogens is 362 g/mol. The molecule has 25 heavy (non-hydrogen) atoms. The summed E-state index contributed by atoms with van der Waals surface area (Å²) in [6.07, 6.45) is 0. The number of hydrogen-bond acceptors (Lipinski definition) is 4. The lowest BCUT2D eigenvalue weighted by Gasteiger charge is -2.10. The van der Waals surface area contributed by atoms with Gasteiger partial charge in [0.2, 0.25) is 17.4 Å². The molecule has 0 radical (unpaired) electrons. The summed E-state index contributed by atoms with van der Waals surface area (Å²) in [6, 6.07) is -0.117. The van der Waals surface area contributed by atoms with Gasteiger partial charge < -0.3 is 14.9 Å². The molecule has 132 valence electrons. The molecule has 0 aliphatic carbocycles. The van der Waals surface area contributed by atoms with Crippen molar-refractivity contribution in [1.82, 2.24) is 0 Å². The lowest BCUT2D eigenvalue weighted by Crippen LogP contribution is -2.16. The number of phenols is 1. The summed E-state index contributed by atoms with van der Waals surface area (Å²) in [5.41, 5.74) is -2.88. The zero-order chi connectivity index (χ0) is 19.0. The third-order valence-electron chi connectivity index (χ3n) is 2.89. The van der Waals surface area contributed by atoms with E-state index in [1.807, 2.05) is 0 Å². The van der Waals surface area contributed by atoms with Crippen LogP contribution in [0.1, 0.15) is 20.7 Å². The van der Waals surface area contributed by atoms with Crippen molar-refractivity contribution in [3.8, 4) is 11.5 Å². The van der Waals surface area contributed by atoms with Gasteiger partial charge in [0.05, 0.1) is 0 Å². The number of halogens is 6. The van der Waals surface area contributed by atoms with Crippen molar-refractivity contribution < 1.29 is 50.9 Å². The second-order valence-electron chi connectivity index (χ2n) is 4.44. The van der Waals surface area contributed by atoms with E-state index in [0.29, 0.717) is 0 Å². The Balaban J connectivity index is 2.55. The van der Waals surface area contributed by atoms with E-state index in [4.69, 9.17) is 10.2 Å². The molecule has 0 aliphatic rings. The molecule has 5 nitrogen and oxygen atoms in total. The molecule has 0 fully saturated rings. The summed E-state index contributed by atoms with van der Waals surface area (Å²) in [5.74, 6) is -19.8. The minimum absolute atomic E-state index is 0.0334. The number of carboxylic acids is 1. The number of phenolic OH excluding ortho intramolecular Hbond substituents is 1. The zero-order valence-electron chi connectivity index (χ0n) is 11.5. The molecule has 0 saturated carbocycles. The molecule has 11 heteroatoms. The molecule has 0 aliphatic heterocycles. The van der Waals surface area contributed by atoms with Crippen molar-refractivity contribution >= 4 is 11.9 Å². The second kappa shape index (κ2) is 6.34. The van der Waals surface area contributed by atoms with Crippen molar-refractivity contribution in [3.63, 3.8) is 0 Å². The standard InChI is InChI=1S/C14H4F6O5/c15-5-2-4(7(17)11(21)9(5)19)14(24)25-12-8(18)3(13(22)23)1-6(16)10(12)20/h1-2,21H,(H,22,23). The van der Waals surface area contributed by atoms with Crippen molar-refractivity contribution in [2.24, 2.45) is 0 Å². The first-order chi connectivity index (χ1) is 11.6.